The van der Waals surface area contributed by atoms with Gasteiger partial charge in [0.25, 0.3) is 15.9 Å². The largest absolute Gasteiger partial charge is 0.322 e. The highest BCUT2D eigenvalue weighted by molar-refractivity contribution is 7.92. The van der Waals surface area contributed by atoms with Crippen LogP contribution < -0.4 is 10.0 Å². The zero-order valence-electron chi connectivity index (χ0n) is 15.4. The molecule has 0 unspecified atom stereocenters. The average Bonchev–Trinajstić information content (AvgIpc) is 2.66. The molecule has 3 aromatic carbocycles. The molecule has 5 nitrogen and oxygen atoms in total. The first-order chi connectivity index (χ1) is 13.2. The van der Waals surface area contributed by atoms with Crippen molar-refractivity contribution in [2.45, 2.75) is 18.7 Å². The lowest BCUT2D eigenvalue weighted by Crippen LogP contribution is -2.16. The van der Waals surface area contributed by atoms with E-state index >= 15 is 0 Å². The van der Waals surface area contributed by atoms with Crippen LogP contribution in [0.25, 0.3) is 0 Å². The van der Waals surface area contributed by atoms with Crippen molar-refractivity contribution in [3.8, 4) is 0 Å². The average molecular weight is 398 g/mol. The molecule has 0 aliphatic rings. The smallest absolute Gasteiger partial charge is 0.261 e. The number of nitrogens with one attached hydrogen (secondary N) is 2. The summed E-state index contributed by atoms with van der Waals surface area (Å²) in [6.45, 7) is 3.68. The van der Waals surface area contributed by atoms with Crippen LogP contribution in [0.5, 0.6) is 0 Å². The maximum Gasteiger partial charge on any atom is 0.261 e. The molecule has 2 N–H and O–H groups in total. The SMILES string of the molecule is Cc1ccc(C)c(NS(=O)(=O)c2cccc(C(=O)Nc3ccc(F)cc3)c2)c1. The zero-order valence-corrected chi connectivity index (χ0v) is 16.2. The van der Waals surface area contributed by atoms with E-state index in [4.69, 9.17) is 0 Å². The molecule has 0 heterocycles. The van der Waals surface area contributed by atoms with Gasteiger partial charge < -0.3 is 5.32 Å². The Hall–Kier alpha value is -3.19. The van der Waals surface area contributed by atoms with Crippen molar-refractivity contribution in [3.63, 3.8) is 0 Å². The van der Waals surface area contributed by atoms with Gasteiger partial charge in [-0.1, -0.05) is 18.2 Å². The minimum absolute atomic E-state index is 0.0276. The summed E-state index contributed by atoms with van der Waals surface area (Å²) in [4.78, 5) is 12.4. The Bertz CT molecular complexity index is 1130. The highest BCUT2D eigenvalue weighted by Gasteiger charge is 2.17. The fraction of sp³-hybridized carbons (Fsp3) is 0.0952. The second-order valence-electron chi connectivity index (χ2n) is 6.41. The van der Waals surface area contributed by atoms with Crippen molar-refractivity contribution in [1.29, 1.82) is 0 Å². The molecule has 0 spiro atoms. The molecule has 0 aliphatic carbocycles. The number of carbonyl (C=O) groups is 1. The first-order valence-electron chi connectivity index (χ1n) is 8.52. The fourth-order valence-corrected chi connectivity index (χ4v) is 3.76. The number of hydrogen-bond donors (Lipinski definition) is 2. The van der Waals surface area contributed by atoms with E-state index in [1.54, 1.807) is 6.07 Å². The van der Waals surface area contributed by atoms with Gasteiger partial charge in [-0.2, -0.15) is 0 Å². The van der Waals surface area contributed by atoms with Gasteiger partial charge in [0.1, 0.15) is 5.82 Å². The lowest BCUT2D eigenvalue weighted by Gasteiger charge is -2.12. The number of halogens is 1. The molecule has 144 valence electrons. The molecule has 28 heavy (non-hydrogen) atoms. The zero-order chi connectivity index (χ0) is 20.3. The first-order valence-corrected chi connectivity index (χ1v) is 10.00. The highest BCUT2D eigenvalue weighted by atomic mass is 32.2. The molecule has 3 aromatic rings. The first kappa shape index (κ1) is 19.6. The van der Waals surface area contributed by atoms with E-state index < -0.39 is 21.7 Å². The van der Waals surface area contributed by atoms with Crippen LogP contribution in [0.3, 0.4) is 0 Å². The van der Waals surface area contributed by atoms with Gasteiger partial charge in [-0.15, -0.1) is 0 Å². The minimum atomic E-state index is -3.87. The van der Waals surface area contributed by atoms with E-state index in [9.17, 15) is 17.6 Å². The standard InChI is InChI=1S/C21H19FN2O3S/c1-14-6-7-15(2)20(12-14)24-28(26,27)19-5-3-4-16(13-19)21(25)23-18-10-8-17(22)9-11-18/h3-13,24H,1-2H3,(H,23,25). The Morgan fingerprint density at radius 1 is 0.929 bits per heavy atom. The Balaban J connectivity index is 1.84. The van der Waals surface area contributed by atoms with E-state index in [-0.39, 0.29) is 10.5 Å². The summed E-state index contributed by atoms with van der Waals surface area (Å²) < 4.78 is 41.0. The second-order valence-corrected chi connectivity index (χ2v) is 8.10. The van der Waals surface area contributed by atoms with Crippen LogP contribution in [0.2, 0.25) is 0 Å². The lowest BCUT2D eigenvalue weighted by atomic mass is 10.1. The number of sulfonamides is 1. The number of benzene rings is 3. The van der Waals surface area contributed by atoms with Crippen molar-refractivity contribution in [2.24, 2.45) is 0 Å². The van der Waals surface area contributed by atoms with Crippen LogP contribution in [0, 0.1) is 19.7 Å². The molecular weight excluding hydrogens is 379 g/mol. The molecule has 0 bridgehead atoms. The summed E-state index contributed by atoms with van der Waals surface area (Å²) in [5.41, 5.74) is 2.79. The van der Waals surface area contributed by atoms with Crippen LogP contribution in [0.15, 0.2) is 71.6 Å². The van der Waals surface area contributed by atoms with Gasteiger partial charge in [-0.05, 0) is 73.5 Å². The number of rotatable bonds is 5. The van der Waals surface area contributed by atoms with Crippen LogP contribution in [0.4, 0.5) is 15.8 Å². The van der Waals surface area contributed by atoms with Gasteiger partial charge in [0, 0.05) is 11.3 Å². The van der Waals surface area contributed by atoms with E-state index in [0.717, 1.165) is 11.1 Å². The van der Waals surface area contributed by atoms with Gasteiger partial charge in [0.2, 0.25) is 0 Å². The second kappa shape index (κ2) is 7.82. The summed E-state index contributed by atoms with van der Waals surface area (Å²) in [5, 5.41) is 2.61. The highest BCUT2D eigenvalue weighted by Crippen LogP contribution is 2.22. The van der Waals surface area contributed by atoms with Crippen LogP contribution in [0.1, 0.15) is 21.5 Å². The predicted molar refractivity (Wildman–Crippen MR) is 108 cm³/mol. The molecule has 0 fully saturated rings. The lowest BCUT2D eigenvalue weighted by molar-refractivity contribution is 0.102. The Morgan fingerprint density at radius 3 is 2.36 bits per heavy atom. The summed E-state index contributed by atoms with van der Waals surface area (Å²) >= 11 is 0. The molecule has 0 aliphatic heterocycles. The molecular formula is C21H19FN2O3S. The number of amides is 1. The maximum absolute atomic E-state index is 13.0. The van der Waals surface area contributed by atoms with Gasteiger partial charge in [-0.25, -0.2) is 12.8 Å². The van der Waals surface area contributed by atoms with Crippen LogP contribution >= 0.6 is 0 Å². The normalized spacial score (nSPS) is 11.1. The quantitative estimate of drug-likeness (QED) is 0.665. The van der Waals surface area contributed by atoms with Crippen LogP contribution in [-0.2, 0) is 10.0 Å². The van der Waals surface area contributed by atoms with Gasteiger partial charge in [0.05, 0.1) is 10.6 Å². The van der Waals surface area contributed by atoms with Crippen molar-refractivity contribution >= 4 is 27.3 Å². The molecule has 3 rings (SSSR count). The van der Waals surface area contributed by atoms with Crippen molar-refractivity contribution < 1.29 is 17.6 Å². The number of anilines is 2. The number of aryl methyl sites for hydroxylation is 2. The van der Waals surface area contributed by atoms with E-state index in [2.05, 4.69) is 10.0 Å². The van der Waals surface area contributed by atoms with E-state index in [1.807, 2.05) is 26.0 Å². The number of carbonyl (C=O) groups excluding carboxylic acids is 1. The van der Waals surface area contributed by atoms with Gasteiger partial charge in [0.15, 0.2) is 0 Å². The summed E-state index contributed by atoms with van der Waals surface area (Å²) in [7, 11) is -3.87. The Kier molecular flexibility index (Phi) is 5.46. The third-order valence-corrected chi connectivity index (χ3v) is 5.51. The van der Waals surface area contributed by atoms with Crippen molar-refractivity contribution in [2.75, 3.05) is 10.0 Å². The molecule has 0 saturated heterocycles. The summed E-state index contributed by atoms with van der Waals surface area (Å²) in [6.07, 6.45) is 0. The fourth-order valence-electron chi connectivity index (χ4n) is 2.59. The molecule has 0 radical (unpaired) electrons. The van der Waals surface area contributed by atoms with Crippen molar-refractivity contribution in [3.05, 3.63) is 89.2 Å². The summed E-state index contributed by atoms with van der Waals surface area (Å²) in [6, 6.07) is 16.5. The monoisotopic (exact) mass is 398 g/mol. The van der Waals surface area contributed by atoms with E-state index in [1.165, 1.54) is 48.5 Å². The van der Waals surface area contributed by atoms with Crippen LogP contribution in [-0.4, -0.2) is 14.3 Å². The van der Waals surface area contributed by atoms with Crippen molar-refractivity contribution in [1.82, 2.24) is 0 Å². The van der Waals surface area contributed by atoms with Gasteiger partial charge >= 0.3 is 0 Å². The predicted octanol–water partition coefficient (Wildman–Crippen LogP) is 4.50. The molecule has 0 saturated carbocycles. The molecule has 0 aromatic heterocycles. The maximum atomic E-state index is 13.0. The third-order valence-electron chi connectivity index (χ3n) is 4.15. The van der Waals surface area contributed by atoms with E-state index in [0.29, 0.717) is 11.4 Å². The Morgan fingerprint density at radius 2 is 1.64 bits per heavy atom. The molecule has 0 atom stereocenters. The third kappa shape index (κ3) is 4.55. The molecule has 7 heteroatoms. The summed E-state index contributed by atoms with van der Waals surface area (Å²) in [5.74, 6) is -0.904. The minimum Gasteiger partial charge on any atom is -0.322 e. The van der Waals surface area contributed by atoms with Gasteiger partial charge in [-0.3, -0.25) is 9.52 Å². The number of hydrogen-bond acceptors (Lipinski definition) is 3. The molecule has 1 amide bonds. The topological polar surface area (TPSA) is 75.3 Å². The Labute approximate surface area is 163 Å².